The van der Waals surface area contributed by atoms with Crippen molar-refractivity contribution in [1.82, 2.24) is 4.98 Å². The molecule has 0 N–H and O–H groups in total. The Morgan fingerprint density at radius 3 is 2.86 bits per heavy atom. The number of nitrogens with zero attached hydrogens (tertiary/aromatic N) is 1. The Hall–Kier alpha value is -1.38. The number of carbonyl (C=O) groups is 1. The summed E-state index contributed by atoms with van der Waals surface area (Å²) < 4.78 is 5.65. The molecule has 2 rings (SSSR count). The summed E-state index contributed by atoms with van der Waals surface area (Å²) in [5, 5.41) is 0. The smallest absolute Gasteiger partial charge is 0.145 e. The van der Waals surface area contributed by atoms with Gasteiger partial charge in [0.15, 0.2) is 0 Å². The van der Waals surface area contributed by atoms with Gasteiger partial charge in [0.25, 0.3) is 0 Å². The van der Waals surface area contributed by atoms with Crippen LogP contribution in [0.25, 0.3) is 0 Å². The number of hydrogen-bond acceptors (Lipinski definition) is 3. The third kappa shape index (κ3) is 1.39. The van der Waals surface area contributed by atoms with Gasteiger partial charge in [-0.1, -0.05) is 0 Å². The summed E-state index contributed by atoms with van der Waals surface area (Å²) in [6, 6.07) is 3.68. The Morgan fingerprint density at radius 2 is 2.36 bits per heavy atom. The van der Waals surface area contributed by atoms with Crippen LogP contribution in [0.3, 0.4) is 0 Å². The van der Waals surface area contributed by atoms with Gasteiger partial charge in [0.2, 0.25) is 0 Å². The fourth-order valence-electron chi connectivity index (χ4n) is 1.51. The molecule has 0 saturated heterocycles. The van der Waals surface area contributed by atoms with Crippen LogP contribution in [0, 0.1) is 5.41 Å². The number of carbonyl (C=O) groups excluding carboxylic acids is 1. The molecule has 1 unspecified atom stereocenters. The van der Waals surface area contributed by atoms with E-state index in [0.717, 1.165) is 5.75 Å². The first-order valence-electron chi connectivity index (χ1n) is 4.70. The summed E-state index contributed by atoms with van der Waals surface area (Å²) in [6.45, 7) is 3.83. The summed E-state index contributed by atoms with van der Waals surface area (Å²) in [5.74, 6) is 1.00. The molecule has 1 saturated carbocycles. The van der Waals surface area contributed by atoms with E-state index in [2.05, 4.69) is 4.98 Å². The van der Waals surface area contributed by atoms with Crippen molar-refractivity contribution in [1.29, 1.82) is 0 Å². The van der Waals surface area contributed by atoms with Crippen molar-refractivity contribution in [2.24, 2.45) is 5.41 Å². The van der Waals surface area contributed by atoms with Crippen LogP contribution in [0.4, 0.5) is 0 Å². The summed E-state index contributed by atoms with van der Waals surface area (Å²) in [7, 11) is 0. The molecular formula is C11H13NO2. The lowest BCUT2D eigenvalue weighted by molar-refractivity contribution is -0.148. The molecule has 0 radical (unpaired) electrons. The topological polar surface area (TPSA) is 39.2 Å². The zero-order valence-corrected chi connectivity index (χ0v) is 8.36. The third-order valence-corrected chi connectivity index (χ3v) is 2.81. The van der Waals surface area contributed by atoms with Crippen molar-refractivity contribution in [2.45, 2.75) is 26.4 Å². The maximum Gasteiger partial charge on any atom is 0.145 e. The molecule has 1 aliphatic rings. The van der Waals surface area contributed by atoms with Crippen molar-refractivity contribution in [3.63, 3.8) is 0 Å². The van der Waals surface area contributed by atoms with Gasteiger partial charge in [0.05, 0.1) is 11.6 Å². The van der Waals surface area contributed by atoms with Crippen LogP contribution in [0.15, 0.2) is 24.5 Å². The molecule has 1 fully saturated rings. The maximum atomic E-state index is 11.3. The van der Waals surface area contributed by atoms with E-state index in [1.54, 1.807) is 12.4 Å². The third-order valence-electron chi connectivity index (χ3n) is 2.81. The lowest BCUT2D eigenvalue weighted by Gasteiger charge is -2.41. The summed E-state index contributed by atoms with van der Waals surface area (Å²) >= 11 is 0. The highest BCUT2D eigenvalue weighted by molar-refractivity contribution is 5.91. The van der Waals surface area contributed by atoms with Gasteiger partial charge in [-0.25, -0.2) is 0 Å². The van der Waals surface area contributed by atoms with Gasteiger partial charge >= 0.3 is 0 Å². The van der Waals surface area contributed by atoms with Crippen LogP contribution in [0.2, 0.25) is 0 Å². The van der Waals surface area contributed by atoms with Gasteiger partial charge in [0.1, 0.15) is 17.6 Å². The number of ether oxygens (including phenoxy) is 1. The second kappa shape index (κ2) is 3.08. The predicted octanol–water partition coefficient (Wildman–Crippen LogP) is 1.83. The van der Waals surface area contributed by atoms with E-state index in [-0.39, 0.29) is 17.3 Å². The average molecular weight is 191 g/mol. The number of rotatable bonds is 2. The number of Topliss-reactive ketones (excluding diaryl/α,β-unsaturated/α-hetero) is 1. The van der Waals surface area contributed by atoms with E-state index in [4.69, 9.17) is 4.74 Å². The molecule has 0 aromatic carbocycles. The van der Waals surface area contributed by atoms with E-state index in [0.29, 0.717) is 6.42 Å². The molecule has 1 atom stereocenters. The SMILES string of the molecule is CC1(C)C(=O)CC1Oc1cccnc1. The highest BCUT2D eigenvalue weighted by Gasteiger charge is 2.49. The normalized spacial score (nSPS) is 24.1. The molecule has 74 valence electrons. The van der Waals surface area contributed by atoms with Crippen molar-refractivity contribution in [2.75, 3.05) is 0 Å². The number of aromatic nitrogens is 1. The molecule has 0 spiro atoms. The Labute approximate surface area is 83.1 Å². The predicted molar refractivity (Wildman–Crippen MR) is 52.1 cm³/mol. The van der Waals surface area contributed by atoms with Gasteiger partial charge in [0, 0.05) is 12.6 Å². The molecular weight excluding hydrogens is 178 g/mol. The molecule has 0 aliphatic heterocycles. The molecule has 14 heavy (non-hydrogen) atoms. The van der Waals surface area contributed by atoms with Gasteiger partial charge in [-0.3, -0.25) is 9.78 Å². The van der Waals surface area contributed by atoms with Crippen LogP contribution >= 0.6 is 0 Å². The standard InChI is InChI=1S/C11H13NO2/c1-11(2)9(13)6-10(11)14-8-4-3-5-12-7-8/h3-5,7,10H,6H2,1-2H3. The maximum absolute atomic E-state index is 11.3. The monoisotopic (exact) mass is 191 g/mol. The van der Waals surface area contributed by atoms with Crippen LogP contribution in [-0.4, -0.2) is 16.9 Å². The second-order valence-electron chi connectivity index (χ2n) is 4.14. The lowest BCUT2D eigenvalue weighted by Crippen LogP contribution is -2.52. The minimum Gasteiger partial charge on any atom is -0.487 e. The Kier molecular flexibility index (Phi) is 2.02. The molecule has 0 amide bonds. The van der Waals surface area contributed by atoms with Gasteiger partial charge in [-0.2, -0.15) is 0 Å². The van der Waals surface area contributed by atoms with E-state index >= 15 is 0 Å². The van der Waals surface area contributed by atoms with Crippen LogP contribution in [0.5, 0.6) is 5.75 Å². The minimum absolute atomic E-state index is 0.000741. The zero-order chi connectivity index (χ0) is 10.2. The molecule has 3 nitrogen and oxygen atoms in total. The van der Waals surface area contributed by atoms with Crippen LogP contribution in [-0.2, 0) is 4.79 Å². The van der Waals surface area contributed by atoms with Crippen LogP contribution in [0.1, 0.15) is 20.3 Å². The fraction of sp³-hybridized carbons (Fsp3) is 0.455. The summed E-state index contributed by atoms with van der Waals surface area (Å²) in [6.07, 6.45) is 3.88. The highest BCUT2D eigenvalue weighted by Crippen LogP contribution is 2.39. The number of ketones is 1. The number of pyridine rings is 1. The van der Waals surface area contributed by atoms with Crippen molar-refractivity contribution < 1.29 is 9.53 Å². The first-order chi connectivity index (χ1) is 6.60. The first kappa shape index (κ1) is 9.19. The van der Waals surface area contributed by atoms with Crippen molar-refractivity contribution in [3.05, 3.63) is 24.5 Å². The molecule has 1 aromatic heterocycles. The summed E-state index contributed by atoms with van der Waals surface area (Å²) in [5.41, 5.74) is -0.337. The fourth-order valence-corrected chi connectivity index (χ4v) is 1.51. The minimum atomic E-state index is -0.337. The van der Waals surface area contributed by atoms with E-state index in [1.807, 2.05) is 26.0 Å². The Bertz CT molecular complexity index is 346. The largest absolute Gasteiger partial charge is 0.487 e. The lowest BCUT2D eigenvalue weighted by atomic mass is 9.68. The summed E-state index contributed by atoms with van der Waals surface area (Å²) in [4.78, 5) is 15.2. The Morgan fingerprint density at radius 1 is 1.57 bits per heavy atom. The second-order valence-corrected chi connectivity index (χ2v) is 4.14. The quantitative estimate of drug-likeness (QED) is 0.715. The molecule has 1 aliphatic carbocycles. The van der Waals surface area contributed by atoms with Crippen molar-refractivity contribution in [3.8, 4) is 5.75 Å². The molecule has 0 bridgehead atoms. The average Bonchev–Trinajstić information content (AvgIpc) is 2.19. The highest BCUT2D eigenvalue weighted by atomic mass is 16.5. The van der Waals surface area contributed by atoms with Gasteiger partial charge in [-0.15, -0.1) is 0 Å². The zero-order valence-electron chi connectivity index (χ0n) is 8.36. The van der Waals surface area contributed by atoms with E-state index in [9.17, 15) is 4.79 Å². The van der Waals surface area contributed by atoms with Crippen LogP contribution < -0.4 is 4.74 Å². The molecule has 1 heterocycles. The van der Waals surface area contributed by atoms with Gasteiger partial charge in [-0.05, 0) is 26.0 Å². The first-order valence-corrected chi connectivity index (χ1v) is 4.70. The van der Waals surface area contributed by atoms with E-state index in [1.165, 1.54) is 0 Å². The number of hydrogen-bond donors (Lipinski definition) is 0. The molecule has 3 heteroatoms. The van der Waals surface area contributed by atoms with E-state index < -0.39 is 0 Å². The van der Waals surface area contributed by atoms with Crippen molar-refractivity contribution >= 4 is 5.78 Å². The Balaban J connectivity index is 2.04. The van der Waals surface area contributed by atoms with Gasteiger partial charge < -0.3 is 4.74 Å². The molecule has 1 aromatic rings.